The van der Waals surface area contributed by atoms with Crippen molar-refractivity contribution in [3.05, 3.63) is 24.8 Å². The second-order valence-corrected chi connectivity index (χ2v) is 6.23. The zero-order valence-corrected chi connectivity index (χ0v) is 11.5. The summed E-state index contributed by atoms with van der Waals surface area (Å²) >= 11 is 0. The molecule has 1 saturated carbocycles. The maximum Gasteiger partial charge on any atom is 0.157 e. The molecule has 2 rings (SSSR count). The van der Waals surface area contributed by atoms with Gasteiger partial charge in [0.2, 0.25) is 0 Å². The molecule has 1 aliphatic carbocycles. The van der Waals surface area contributed by atoms with Crippen LogP contribution in [0, 0.1) is 23.2 Å². The lowest BCUT2D eigenvalue weighted by atomic mass is 9.58. The summed E-state index contributed by atoms with van der Waals surface area (Å²) < 4.78 is 5.71. The van der Waals surface area contributed by atoms with Crippen LogP contribution < -0.4 is 0 Å². The Hall–Kier alpha value is -0.640. The first-order chi connectivity index (χ1) is 8.31. The highest BCUT2D eigenvalue weighted by molar-refractivity contribution is 5.18. The zero-order chi connectivity index (χ0) is 13.7. The molecule has 7 atom stereocenters. The zero-order valence-electron chi connectivity index (χ0n) is 11.5. The molecule has 102 valence electrons. The number of fused-ring (bicyclic) bond motifs is 1. The number of allylic oxidation sites excluding steroid dienone is 1. The number of aliphatic hydroxyl groups is 2. The van der Waals surface area contributed by atoms with Crippen LogP contribution in [-0.2, 0) is 4.74 Å². The van der Waals surface area contributed by atoms with Crippen LogP contribution in [0.15, 0.2) is 24.8 Å². The van der Waals surface area contributed by atoms with Crippen molar-refractivity contribution in [2.24, 2.45) is 23.2 Å². The van der Waals surface area contributed by atoms with E-state index in [0.717, 1.165) is 5.57 Å². The van der Waals surface area contributed by atoms with Crippen molar-refractivity contribution in [1.82, 2.24) is 0 Å². The summed E-state index contributed by atoms with van der Waals surface area (Å²) in [5.41, 5.74) is 0.802. The highest BCUT2D eigenvalue weighted by atomic mass is 16.6. The van der Waals surface area contributed by atoms with E-state index in [2.05, 4.69) is 20.1 Å². The quantitative estimate of drug-likeness (QED) is 0.740. The number of hydrogen-bond donors (Lipinski definition) is 2. The summed E-state index contributed by atoms with van der Waals surface area (Å²) in [6.07, 6.45) is 1.13. The first-order valence-electron chi connectivity index (χ1n) is 6.62. The molecule has 0 aromatic heterocycles. The fourth-order valence-corrected chi connectivity index (χ4v) is 3.88. The van der Waals surface area contributed by atoms with E-state index in [-0.39, 0.29) is 29.3 Å². The van der Waals surface area contributed by atoms with Crippen molar-refractivity contribution in [2.45, 2.75) is 45.7 Å². The maximum absolute atomic E-state index is 10.4. The van der Waals surface area contributed by atoms with E-state index in [1.165, 1.54) is 0 Å². The van der Waals surface area contributed by atoms with Gasteiger partial charge in [0.15, 0.2) is 6.29 Å². The predicted molar refractivity (Wildman–Crippen MR) is 70.8 cm³/mol. The fourth-order valence-electron chi connectivity index (χ4n) is 3.88. The van der Waals surface area contributed by atoms with Gasteiger partial charge < -0.3 is 14.9 Å². The lowest BCUT2D eigenvalue weighted by molar-refractivity contribution is -0.136. The maximum atomic E-state index is 10.4. The van der Waals surface area contributed by atoms with Gasteiger partial charge in [0.1, 0.15) is 0 Å². The lowest BCUT2D eigenvalue weighted by Gasteiger charge is -2.48. The smallest absolute Gasteiger partial charge is 0.157 e. The molecule has 2 aliphatic rings. The van der Waals surface area contributed by atoms with Crippen LogP contribution in [-0.4, -0.2) is 28.7 Å². The van der Waals surface area contributed by atoms with E-state index in [1.807, 2.05) is 19.9 Å². The van der Waals surface area contributed by atoms with E-state index in [4.69, 9.17) is 4.74 Å². The van der Waals surface area contributed by atoms with E-state index in [9.17, 15) is 10.2 Å². The molecule has 3 heteroatoms. The number of rotatable bonds is 2. The van der Waals surface area contributed by atoms with Crippen LogP contribution in [0.25, 0.3) is 0 Å². The van der Waals surface area contributed by atoms with Crippen molar-refractivity contribution >= 4 is 0 Å². The number of aliphatic hydroxyl groups excluding tert-OH is 2. The Balaban J connectivity index is 2.41. The SMILES string of the molecule is C=C[C@@]1(C)C[C@H](O)[C@@H]2[C@@H](OC(O)[C@H]2C)[C@@H]1C(=C)C. The van der Waals surface area contributed by atoms with Crippen molar-refractivity contribution in [2.75, 3.05) is 0 Å². The molecule has 0 aromatic rings. The van der Waals surface area contributed by atoms with E-state index in [0.29, 0.717) is 6.42 Å². The van der Waals surface area contributed by atoms with Gasteiger partial charge in [-0.25, -0.2) is 0 Å². The van der Waals surface area contributed by atoms with Crippen molar-refractivity contribution in [3.8, 4) is 0 Å². The van der Waals surface area contributed by atoms with Crippen molar-refractivity contribution < 1.29 is 14.9 Å². The average molecular weight is 252 g/mol. The molecule has 0 spiro atoms. The summed E-state index contributed by atoms with van der Waals surface area (Å²) in [6.45, 7) is 14.0. The third kappa shape index (κ3) is 1.85. The van der Waals surface area contributed by atoms with Gasteiger partial charge in [0.25, 0.3) is 0 Å². The minimum Gasteiger partial charge on any atom is -0.393 e. The van der Waals surface area contributed by atoms with E-state index < -0.39 is 12.4 Å². The van der Waals surface area contributed by atoms with Gasteiger partial charge in [-0.15, -0.1) is 6.58 Å². The molecular formula is C15H24O3. The molecular weight excluding hydrogens is 228 g/mol. The van der Waals surface area contributed by atoms with Gasteiger partial charge in [-0.3, -0.25) is 0 Å². The van der Waals surface area contributed by atoms with Gasteiger partial charge in [-0.05, 0) is 18.8 Å². The summed E-state index contributed by atoms with van der Waals surface area (Å²) in [5, 5.41) is 20.3. The molecule has 0 radical (unpaired) electrons. The molecule has 1 aliphatic heterocycles. The van der Waals surface area contributed by atoms with Crippen LogP contribution in [0.4, 0.5) is 0 Å². The third-order valence-corrected chi connectivity index (χ3v) is 4.86. The van der Waals surface area contributed by atoms with E-state index in [1.54, 1.807) is 0 Å². The topological polar surface area (TPSA) is 49.7 Å². The van der Waals surface area contributed by atoms with Gasteiger partial charge in [-0.1, -0.05) is 32.1 Å². The number of ether oxygens (including phenoxy) is 1. The second kappa shape index (κ2) is 4.48. The summed E-state index contributed by atoms with van der Waals surface area (Å²) in [6, 6.07) is 0. The van der Waals surface area contributed by atoms with Crippen LogP contribution in [0.5, 0.6) is 0 Å². The molecule has 0 bridgehead atoms. The molecule has 18 heavy (non-hydrogen) atoms. The molecule has 2 fully saturated rings. The normalized spacial score (nSPS) is 51.8. The summed E-state index contributed by atoms with van der Waals surface area (Å²) in [7, 11) is 0. The second-order valence-electron chi connectivity index (χ2n) is 6.23. The Morgan fingerprint density at radius 2 is 2.06 bits per heavy atom. The van der Waals surface area contributed by atoms with Crippen LogP contribution >= 0.6 is 0 Å². The van der Waals surface area contributed by atoms with Crippen LogP contribution in [0.2, 0.25) is 0 Å². The van der Waals surface area contributed by atoms with Gasteiger partial charge in [0.05, 0.1) is 12.2 Å². The molecule has 3 nitrogen and oxygen atoms in total. The fraction of sp³-hybridized carbons (Fsp3) is 0.733. The molecule has 0 amide bonds. The van der Waals surface area contributed by atoms with Gasteiger partial charge in [0, 0.05) is 17.8 Å². The molecule has 0 aromatic carbocycles. The Morgan fingerprint density at radius 1 is 1.44 bits per heavy atom. The van der Waals surface area contributed by atoms with Crippen molar-refractivity contribution in [1.29, 1.82) is 0 Å². The monoisotopic (exact) mass is 252 g/mol. The minimum atomic E-state index is -0.788. The van der Waals surface area contributed by atoms with Crippen LogP contribution in [0.1, 0.15) is 27.2 Å². The molecule has 1 saturated heterocycles. The first kappa shape index (κ1) is 13.8. The Bertz CT molecular complexity index is 365. The lowest BCUT2D eigenvalue weighted by Crippen LogP contribution is -2.50. The summed E-state index contributed by atoms with van der Waals surface area (Å²) in [5.74, 6) is 0.0407. The predicted octanol–water partition coefficient (Wildman–Crippen LogP) is 2.11. The standard InChI is InChI=1S/C15H24O3/c1-6-15(5)7-10(16)11-9(4)14(17)18-13(11)12(15)8(2)3/h6,9-14,16-17H,1-2,7H2,3-5H3/t9-,10-,11+,12-,13+,14?,15-/m0/s1. The highest BCUT2D eigenvalue weighted by Crippen LogP contribution is 2.53. The van der Waals surface area contributed by atoms with Crippen molar-refractivity contribution in [3.63, 3.8) is 0 Å². The first-order valence-corrected chi connectivity index (χ1v) is 6.62. The summed E-state index contributed by atoms with van der Waals surface area (Å²) in [4.78, 5) is 0. The largest absolute Gasteiger partial charge is 0.393 e. The third-order valence-electron chi connectivity index (χ3n) is 4.86. The minimum absolute atomic E-state index is 0.0188. The van der Waals surface area contributed by atoms with Gasteiger partial charge in [-0.2, -0.15) is 0 Å². The highest BCUT2D eigenvalue weighted by Gasteiger charge is 2.56. The molecule has 1 heterocycles. The Labute approximate surface area is 109 Å². The average Bonchev–Trinajstić information content (AvgIpc) is 2.54. The molecule has 2 N–H and O–H groups in total. The molecule has 1 unspecified atom stereocenters. The Kier molecular flexibility index (Phi) is 3.43. The number of hydrogen-bond acceptors (Lipinski definition) is 3. The van der Waals surface area contributed by atoms with Crippen LogP contribution in [0.3, 0.4) is 0 Å². The van der Waals surface area contributed by atoms with Gasteiger partial charge >= 0.3 is 0 Å². The Morgan fingerprint density at radius 3 is 2.56 bits per heavy atom. The van der Waals surface area contributed by atoms with E-state index >= 15 is 0 Å².